The van der Waals surface area contributed by atoms with Gasteiger partial charge in [0.1, 0.15) is 0 Å². The summed E-state index contributed by atoms with van der Waals surface area (Å²) in [4.78, 5) is 16.2. The SMILES string of the molecule is Cc1ccc(-c2ccc(N3N=CCCC3=O)cc2C)cn1. The highest BCUT2D eigenvalue weighted by Crippen LogP contribution is 2.28. The van der Waals surface area contributed by atoms with Gasteiger partial charge >= 0.3 is 0 Å². The fourth-order valence-electron chi connectivity index (χ4n) is 2.44. The summed E-state index contributed by atoms with van der Waals surface area (Å²) in [6, 6.07) is 10.0. The van der Waals surface area contributed by atoms with Gasteiger partial charge in [0, 0.05) is 30.1 Å². The number of carbonyl (C=O) groups is 1. The molecule has 0 N–H and O–H groups in total. The van der Waals surface area contributed by atoms with Crippen LogP contribution in [0.15, 0.2) is 41.6 Å². The molecule has 1 aliphatic heterocycles. The first-order chi connectivity index (χ1) is 10.1. The van der Waals surface area contributed by atoms with Gasteiger partial charge in [-0.1, -0.05) is 12.1 Å². The second-order valence-corrected chi connectivity index (χ2v) is 5.23. The quantitative estimate of drug-likeness (QED) is 0.845. The molecule has 1 aromatic heterocycles. The number of rotatable bonds is 2. The molecule has 21 heavy (non-hydrogen) atoms. The number of hydrogen-bond donors (Lipinski definition) is 0. The molecule has 106 valence electrons. The largest absolute Gasteiger partial charge is 0.273 e. The number of aromatic nitrogens is 1. The number of anilines is 1. The lowest BCUT2D eigenvalue weighted by molar-refractivity contribution is -0.118. The number of benzene rings is 1. The van der Waals surface area contributed by atoms with Crippen LogP contribution in [0.25, 0.3) is 11.1 Å². The standard InChI is InChI=1S/C17H17N3O/c1-12-10-15(20-17(21)4-3-9-19-20)7-8-16(12)14-6-5-13(2)18-11-14/h5-11H,3-4H2,1-2H3. The topological polar surface area (TPSA) is 45.6 Å². The Morgan fingerprint density at radius 1 is 1.14 bits per heavy atom. The van der Waals surface area contributed by atoms with Crippen LogP contribution in [0.5, 0.6) is 0 Å². The predicted octanol–water partition coefficient (Wildman–Crippen LogP) is 3.48. The molecule has 0 fully saturated rings. The van der Waals surface area contributed by atoms with Crippen molar-refractivity contribution in [2.75, 3.05) is 5.01 Å². The Kier molecular flexibility index (Phi) is 3.52. The van der Waals surface area contributed by atoms with Gasteiger partial charge in [0.05, 0.1) is 5.69 Å². The summed E-state index contributed by atoms with van der Waals surface area (Å²) >= 11 is 0. The lowest BCUT2D eigenvalue weighted by atomic mass is 10.0. The Morgan fingerprint density at radius 3 is 2.67 bits per heavy atom. The van der Waals surface area contributed by atoms with Crippen LogP contribution in [0.2, 0.25) is 0 Å². The van der Waals surface area contributed by atoms with Gasteiger partial charge in [-0.2, -0.15) is 5.10 Å². The molecule has 1 aliphatic rings. The Hall–Kier alpha value is -2.49. The second kappa shape index (κ2) is 5.48. The lowest BCUT2D eigenvalue weighted by Gasteiger charge is -2.21. The average Bonchev–Trinajstić information content (AvgIpc) is 2.49. The van der Waals surface area contributed by atoms with Crippen LogP contribution in [0.4, 0.5) is 5.69 Å². The zero-order valence-corrected chi connectivity index (χ0v) is 12.2. The fourth-order valence-corrected chi connectivity index (χ4v) is 2.44. The number of nitrogens with zero attached hydrogens (tertiary/aromatic N) is 3. The highest BCUT2D eigenvalue weighted by Gasteiger charge is 2.18. The molecular weight excluding hydrogens is 262 g/mol. The van der Waals surface area contributed by atoms with Crippen molar-refractivity contribution in [1.29, 1.82) is 0 Å². The van der Waals surface area contributed by atoms with Crippen LogP contribution in [-0.4, -0.2) is 17.1 Å². The Morgan fingerprint density at radius 2 is 2.00 bits per heavy atom. The van der Waals surface area contributed by atoms with Crippen LogP contribution >= 0.6 is 0 Å². The zero-order valence-electron chi connectivity index (χ0n) is 12.2. The maximum absolute atomic E-state index is 11.9. The fraction of sp³-hybridized carbons (Fsp3) is 0.235. The molecule has 0 radical (unpaired) electrons. The summed E-state index contributed by atoms with van der Waals surface area (Å²) < 4.78 is 0. The smallest absolute Gasteiger partial charge is 0.247 e. The molecule has 1 amide bonds. The minimum atomic E-state index is 0.0432. The van der Waals surface area contributed by atoms with Crippen LogP contribution in [0, 0.1) is 13.8 Å². The molecule has 0 atom stereocenters. The van der Waals surface area contributed by atoms with Gasteiger partial charge in [0.25, 0.3) is 0 Å². The van der Waals surface area contributed by atoms with Crippen LogP contribution in [0.1, 0.15) is 24.1 Å². The molecule has 3 rings (SSSR count). The van der Waals surface area contributed by atoms with Gasteiger partial charge in [-0.3, -0.25) is 9.78 Å². The van der Waals surface area contributed by atoms with Crippen molar-refractivity contribution in [3.8, 4) is 11.1 Å². The summed E-state index contributed by atoms with van der Waals surface area (Å²) in [5, 5.41) is 5.66. The Labute approximate surface area is 124 Å². The number of carbonyl (C=O) groups excluding carboxylic acids is 1. The molecule has 2 heterocycles. The van der Waals surface area contributed by atoms with Crippen molar-refractivity contribution in [2.24, 2.45) is 5.10 Å². The van der Waals surface area contributed by atoms with Crippen LogP contribution in [0.3, 0.4) is 0 Å². The molecule has 0 aliphatic carbocycles. The van der Waals surface area contributed by atoms with E-state index in [-0.39, 0.29) is 5.91 Å². The number of hydrazone groups is 1. The lowest BCUT2D eigenvalue weighted by Crippen LogP contribution is -2.28. The van der Waals surface area contributed by atoms with Gasteiger partial charge in [-0.25, -0.2) is 5.01 Å². The normalized spacial score (nSPS) is 14.6. The van der Waals surface area contributed by atoms with Gasteiger partial charge in [-0.15, -0.1) is 0 Å². The van der Waals surface area contributed by atoms with E-state index >= 15 is 0 Å². The highest BCUT2D eigenvalue weighted by atomic mass is 16.2. The number of hydrogen-bond acceptors (Lipinski definition) is 3. The van der Waals surface area contributed by atoms with Crippen LogP contribution < -0.4 is 5.01 Å². The van der Waals surface area contributed by atoms with Crippen molar-refractivity contribution in [3.05, 3.63) is 47.8 Å². The Balaban J connectivity index is 1.96. The minimum absolute atomic E-state index is 0.0432. The van der Waals surface area contributed by atoms with E-state index in [1.54, 1.807) is 6.21 Å². The molecule has 2 aromatic rings. The summed E-state index contributed by atoms with van der Waals surface area (Å²) in [6.07, 6.45) is 4.91. The third kappa shape index (κ3) is 2.70. The van der Waals surface area contributed by atoms with Crippen molar-refractivity contribution >= 4 is 17.8 Å². The number of pyridine rings is 1. The monoisotopic (exact) mass is 279 g/mol. The van der Waals surface area contributed by atoms with E-state index in [0.29, 0.717) is 6.42 Å². The van der Waals surface area contributed by atoms with Gasteiger partial charge < -0.3 is 0 Å². The highest BCUT2D eigenvalue weighted by molar-refractivity contribution is 5.97. The maximum atomic E-state index is 11.9. The molecule has 0 saturated heterocycles. The number of aryl methyl sites for hydroxylation is 2. The van der Waals surface area contributed by atoms with Crippen molar-refractivity contribution in [2.45, 2.75) is 26.7 Å². The molecule has 0 saturated carbocycles. The molecule has 4 heteroatoms. The van der Waals surface area contributed by atoms with E-state index in [9.17, 15) is 4.79 Å². The summed E-state index contributed by atoms with van der Waals surface area (Å²) in [5.41, 5.74) is 5.13. The van der Waals surface area contributed by atoms with Crippen molar-refractivity contribution in [1.82, 2.24) is 4.98 Å². The molecule has 0 unspecified atom stereocenters. The molecule has 4 nitrogen and oxygen atoms in total. The van der Waals surface area contributed by atoms with E-state index in [1.807, 2.05) is 44.3 Å². The molecule has 0 bridgehead atoms. The Bertz CT molecular complexity index is 704. The third-order valence-corrected chi connectivity index (χ3v) is 3.60. The summed E-state index contributed by atoms with van der Waals surface area (Å²) in [7, 11) is 0. The first-order valence-electron chi connectivity index (χ1n) is 7.04. The molecular formula is C17H17N3O. The van der Waals surface area contributed by atoms with E-state index in [2.05, 4.69) is 16.2 Å². The third-order valence-electron chi connectivity index (χ3n) is 3.60. The average molecular weight is 279 g/mol. The van der Waals surface area contributed by atoms with Gasteiger partial charge in [0.15, 0.2) is 0 Å². The number of amides is 1. The van der Waals surface area contributed by atoms with Gasteiger partial charge in [0.2, 0.25) is 5.91 Å². The second-order valence-electron chi connectivity index (χ2n) is 5.23. The molecule has 1 aromatic carbocycles. The van der Waals surface area contributed by atoms with E-state index < -0.39 is 0 Å². The first kappa shape index (κ1) is 13.5. The zero-order chi connectivity index (χ0) is 14.8. The van der Waals surface area contributed by atoms with Crippen molar-refractivity contribution < 1.29 is 4.79 Å². The predicted molar refractivity (Wildman–Crippen MR) is 84.4 cm³/mol. The molecule has 0 spiro atoms. The first-order valence-corrected chi connectivity index (χ1v) is 7.04. The maximum Gasteiger partial charge on any atom is 0.247 e. The summed E-state index contributed by atoms with van der Waals surface area (Å²) in [6.45, 7) is 4.01. The van der Waals surface area contributed by atoms with Crippen molar-refractivity contribution in [3.63, 3.8) is 0 Å². The van der Waals surface area contributed by atoms with E-state index in [4.69, 9.17) is 0 Å². The van der Waals surface area contributed by atoms with E-state index in [1.165, 1.54) is 5.01 Å². The van der Waals surface area contributed by atoms with Gasteiger partial charge in [-0.05, 0) is 49.6 Å². The minimum Gasteiger partial charge on any atom is -0.273 e. The van der Waals surface area contributed by atoms with E-state index in [0.717, 1.165) is 34.5 Å². The van der Waals surface area contributed by atoms with Crippen LogP contribution in [-0.2, 0) is 4.79 Å². The summed E-state index contributed by atoms with van der Waals surface area (Å²) in [5.74, 6) is 0.0432.